The number of pyridine rings is 1. The van der Waals surface area contributed by atoms with Crippen LogP contribution < -0.4 is 9.64 Å². The summed E-state index contributed by atoms with van der Waals surface area (Å²) in [5.41, 5.74) is 1.24. The Hall–Kier alpha value is -4.40. The molecule has 9 nitrogen and oxygen atoms in total. The number of likely N-dealkylation sites (tertiary alicyclic amines) is 1. The van der Waals surface area contributed by atoms with E-state index in [4.69, 9.17) is 26.3 Å². The van der Waals surface area contributed by atoms with Crippen LogP contribution in [0.4, 0.5) is 14.6 Å². The van der Waals surface area contributed by atoms with Gasteiger partial charge in [-0.2, -0.15) is 15.2 Å². The van der Waals surface area contributed by atoms with E-state index < -0.39 is 23.6 Å². The second-order valence-corrected chi connectivity index (χ2v) is 11.6. The standard InChI is InChI=1S/C32H30ClF2N7O2/c1-19(34)31(43)42-12-11-41(17-21(42)8-9-36)30-24-13-27(35)23(25-16-37-15-20-5-3-7-26(33)29(20)25)14-28(24)38-32(39-30)44-18-22-6-4-10-40(22)2/h3,5,7,13-16,21-22H,1,4,6,8,10-12,17-18H2,2H3/t21-,22-/m0/s1. The summed E-state index contributed by atoms with van der Waals surface area (Å²) in [5, 5.41) is 11.8. The zero-order valence-corrected chi connectivity index (χ0v) is 24.9. The Morgan fingerprint density at radius 1 is 1.18 bits per heavy atom. The number of nitriles is 1. The molecule has 2 saturated heterocycles. The summed E-state index contributed by atoms with van der Waals surface area (Å²) in [5.74, 6) is -2.05. The molecule has 0 spiro atoms. The molecule has 2 fully saturated rings. The van der Waals surface area contributed by atoms with Crippen LogP contribution in [0.15, 0.2) is 55.1 Å². The molecule has 0 bridgehead atoms. The van der Waals surface area contributed by atoms with Crippen LogP contribution in [0.25, 0.3) is 32.8 Å². The molecular weight excluding hydrogens is 588 g/mol. The maximum absolute atomic E-state index is 16.0. The molecule has 0 unspecified atom stereocenters. The lowest BCUT2D eigenvalue weighted by molar-refractivity contribution is -0.131. The van der Waals surface area contributed by atoms with Crippen molar-refractivity contribution in [2.45, 2.75) is 31.3 Å². The second-order valence-electron chi connectivity index (χ2n) is 11.2. The number of amides is 1. The van der Waals surface area contributed by atoms with Gasteiger partial charge in [-0.05, 0) is 44.6 Å². The van der Waals surface area contributed by atoms with E-state index in [-0.39, 0.29) is 43.7 Å². The molecule has 0 radical (unpaired) electrons. The van der Waals surface area contributed by atoms with Crippen LogP contribution in [0.5, 0.6) is 6.01 Å². The fourth-order valence-electron chi connectivity index (χ4n) is 6.13. The van der Waals surface area contributed by atoms with Crippen LogP contribution in [0.1, 0.15) is 19.3 Å². The van der Waals surface area contributed by atoms with E-state index >= 15 is 4.39 Å². The lowest BCUT2D eigenvalue weighted by atomic mass is 9.99. The highest BCUT2D eigenvalue weighted by Crippen LogP contribution is 2.38. The maximum Gasteiger partial charge on any atom is 0.319 e. The topological polar surface area (TPSA) is 98.5 Å². The number of carbonyl (C=O) groups is 1. The maximum atomic E-state index is 16.0. The number of aromatic nitrogens is 3. The third-order valence-corrected chi connectivity index (χ3v) is 8.76. The van der Waals surface area contributed by atoms with Gasteiger partial charge in [-0.1, -0.05) is 30.3 Å². The Bertz CT molecular complexity index is 1810. The van der Waals surface area contributed by atoms with Crippen molar-refractivity contribution < 1.29 is 18.3 Å². The highest BCUT2D eigenvalue weighted by molar-refractivity contribution is 6.36. The van der Waals surface area contributed by atoms with Gasteiger partial charge in [0, 0.05) is 70.4 Å². The van der Waals surface area contributed by atoms with Crippen molar-refractivity contribution >= 4 is 45.0 Å². The number of hydrogen-bond acceptors (Lipinski definition) is 8. The minimum Gasteiger partial charge on any atom is -0.462 e. The first-order valence-corrected chi connectivity index (χ1v) is 14.8. The van der Waals surface area contributed by atoms with E-state index in [1.165, 1.54) is 11.0 Å². The Kier molecular flexibility index (Phi) is 8.29. The van der Waals surface area contributed by atoms with Crippen molar-refractivity contribution in [1.82, 2.24) is 24.8 Å². The molecular formula is C32H30ClF2N7O2. The van der Waals surface area contributed by atoms with Gasteiger partial charge in [0.05, 0.1) is 24.0 Å². The van der Waals surface area contributed by atoms with Crippen molar-refractivity contribution in [1.29, 1.82) is 5.26 Å². The normalized spacial score (nSPS) is 19.0. The summed E-state index contributed by atoms with van der Waals surface area (Å²) < 4.78 is 36.0. The molecule has 0 N–H and O–H groups in total. The number of carbonyl (C=O) groups excluding carboxylic acids is 1. The summed E-state index contributed by atoms with van der Waals surface area (Å²) in [4.78, 5) is 31.6. The minimum atomic E-state index is -1.08. The number of benzene rings is 2. The van der Waals surface area contributed by atoms with Gasteiger partial charge in [0.1, 0.15) is 18.2 Å². The summed E-state index contributed by atoms with van der Waals surface area (Å²) in [6, 6.07) is 10.3. The first-order chi connectivity index (χ1) is 21.2. The number of halogens is 3. The van der Waals surface area contributed by atoms with Gasteiger partial charge in [-0.15, -0.1) is 0 Å². The average Bonchev–Trinajstić information content (AvgIpc) is 3.43. The molecule has 2 aromatic heterocycles. The molecule has 0 saturated carbocycles. The number of likely N-dealkylation sites (N-methyl/N-ethyl adjacent to an activating group) is 1. The largest absolute Gasteiger partial charge is 0.462 e. The number of fused-ring (bicyclic) bond motifs is 2. The Labute approximate surface area is 258 Å². The summed E-state index contributed by atoms with van der Waals surface area (Å²) in [6.45, 7) is 5.07. The zero-order valence-electron chi connectivity index (χ0n) is 24.1. The van der Waals surface area contributed by atoms with Crippen molar-refractivity contribution in [2.75, 3.05) is 44.7 Å². The number of hydrogen-bond donors (Lipinski definition) is 0. The molecule has 2 aliphatic heterocycles. The van der Waals surface area contributed by atoms with Gasteiger partial charge < -0.3 is 19.4 Å². The molecule has 6 rings (SSSR count). The van der Waals surface area contributed by atoms with E-state index in [1.807, 2.05) is 24.1 Å². The first kappa shape index (κ1) is 29.7. The molecule has 2 aliphatic rings. The van der Waals surface area contributed by atoms with Crippen LogP contribution in [-0.2, 0) is 4.79 Å². The summed E-state index contributed by atoms with van der Waals surface area (Å²) >= 11 is 6.56. The fourth-order valence-corrected chi connectivity index (χ4v) is 6.41. The molecule has 44 heavy (non-hydrogen) atoms. The molecule has 0 aliphatic carbocycles. The molecule has 4 heterocycles. The van der Waals surface area contributed by atoms with E-state index in [2.05, 4.69) is 22.5 Å². The second kappa shape index (κ2) is 12.3. The van der Waals surface area contributed by atoms with Gasteiger partial charge >= 0.3 is 6.01 Å². The van der Waals surface area contributed by atoms with Crippen LogP contribution in [0.2, 0.25) is 5.02 Å². The molecule has 12 heteroatoms. The Morgan fingerprint density at radius 2 is 2.02 bits per heavy atom. The van der Waals surface area contributed by atoms with E-state index in [0.29, 0.717) is 39.3 Å². The fraction of sp³-hybridized carbons (Fsp3) is 0.344. The lowest BCUT2D eigenvalue weighted by Crippen LogP contribution is -2.55. The molecule has 2 aromatic carbocycles. The van der Waals surface area contributed by atoms with E-state index in [0.717, 1.165) is 24.8 Å². The number of nitrogens with zero attached hydrogens (tertiary/aromatic N) is 7. The highest BCUT2D eigenvalue weighted by Gasteiger charge is 2.33. The van der Waals surface area contributed by atoms with Crippen LogP contribution in [-0.4, -0.2) is 82.6 Å². The highest BCUT2D eigenvalue weighted by atomic mass is 35.5. The zero-order chi connectivity index (χ0) is 31.0. The predicted molar refractivity (Wildman–Crippen MR) is 165 cm³/mol. The lowest BCUT2D eigenvalue weighted by Gasteiger charge is -2.41. The van der Waals surface area contributed by atoms with Gasteiger partial charge in [-0.25, -0.2) is 8.78 Å². The number of anilines is 1. The first-order valence-electron chi connectivity index (χ1n) is 14.4. The summed E-state index contributed by atoms with van der Waals surface area (Å²) in [7, 11) is 2.05. The third-order valence-electron chi connectivity index (χ3n) is 8.44. The number of ether oxygens (including phenoxy) is 1. The molecule has 1 amide bonds. The van der Waals surface area contributed by atoms with Gasteiger partial charge in [-0.3, -0.25) is 9.78 Å². The number of piperazine rings is 1. The third kappa shape index (κ3) is 5.63. The molecule has 2 atom stereocenters. The number of rotatable bonds is 7. The Morgan fingerprint density at radius 3 is 2.77 bits per heavy atom. The predicted octanol–water partition coefficient (Wildman–Crippen LogP) is 5.52. The smallest absolute Gasteiger partial charge is 0.319 e. The van der Waals surface area contributed by atoms with Gasteiger partial charge in [0.25, 0.3) is 5.91 Å². The van der Waals surface area contributed by atoms with Crippen molar-refractivity contribution in [2.24, 2.45) is 0 Å². The van der Waals surface area contributed by atoms with Gasteiger partial charge in [0.2, 0.25) is 0 Å². The van der Waals surface area contributed by atoms with Crippen molar-refractivity contribution in [3.63, 3.8) is 0 Å². The average molecular weight is 618 g/mol. The molecule has 4 aromatic rings. The molecule has 226 valence electrons. The van der Waals surface area contributed by atoms with E-state index in [1.54, 1.807) is 24.5 Å². The minimum absolute atomic E-state index is 0.0245. The van der Waals surface area contributed by atoms with Crippen molar-refractivity contribution in [3.8, 4) is 23.2 Å². The van der Waals surface area contributed by atoms with Crippen LogP contribution >= 0.6 is 11.6 Å². The Balaban J connectivity index is 1.45. The SMILES string of the molecule is C=C(F)C(=O)N1CCN(c2nc(OC[C@@H]3CCCN3C)nc3cc(-c4cncc5cccc(Cl)c45)c(F)cc23)C[C@@H]1CC#N. The van der Waals surface area contributed by atoms with Crippen LogP contribution in [0, 0.1) is 17.1 Å². The van der Waals surface area contributed by atoms with Crippen LogP contribution in [0.3, 0.4) is 0 Å². The quantitative estimate of drug-likeness (QED) is 0.250. The monoisotopic (exact) mass is 617 g/mol. The van der Waals surface area contributed by atoms with Crippen molar-refractivity contribution in [3.05, 3.63) is 66.0 Å². The summed E-state index contributed by atoms with van der Waals surface area (Å²) in [6.07, 6.45) is 5.30. The van der Waals surface area contributed by atoms with E-state index in [9.17, 15) is 14.4 Å². The van der Waals surface area contributed by atoms with Gasteiger partial charge in [0.15, 0.2) is 5.83 Å².